The summed E-state index contributed by atoms with van der Waals surface area (Å²) >= 11 is 0. The number of hydrogen-bond donors (Lipinski definition) is 0. The number of rotatable bonds is 0. The Morgan fingerprint density at radius 2 is 1.24 bits per heavy atom. The van der Waals surface area contributed by atoms with Crippen molar-refractivity contribution in [3.05, 3.63) is 69.4 Å². The molecule has 0 spiro atoms. The highest BCUT2D eigenvalue weighted by molar-refractivity contribution is 5.77. The Hall–Kier alpha value is -2.08. The van der Waals surface area contributed by atoms with Gasteiger partial charge >= 0.3 is 0 Å². The summed E-state index contributed by atoms with van der Waals surface area (Å²) in [6.45, 7) is 2.18. The summed E-state index contributed by atoms with van der Waals surface area (Å²) in [4.78, 5) is 0. The van der Waals surface area contributed by atoms with Gasteiger partial charge in [0.25, 0.3) is 0 Å². The molecule has 0 saturated carbocycles. The van der Waals surface area contributed by atoms with Gasteiger partial charge in [-0.2, -0.15) is 0 Å². The van der Waals surface area contributed by atoms with Crippen molar-refractivity contribution >= 4 is 23.8 Å². The molecule has 0 aliphatic heterocycles. The van der Waals surface area contributed by atoms with Gasteiger partial charge in [-0.05, 0) is 33.4 Å². The largest absolute Gasteiger partial charge is 0.0616 e. The first-order valence-electron chi connectivity index (χ1n) is 5.89. The molecule has 0 aromatic heterocycles. The van der Waals surface area contributed by atoms with Crippen LogP contribution in [0, 0.1) is 0 Å². The average Bonchev–Trinajstić information content (AvgIpc) is 2.36. The zero-order valence-corrected chi connectivity index (χ0v) is 9.85. The van der Waals surface area contributed by atoms with E-state index in [1.54, 1.807) is 0 Å². The normalized spacial score (nSPS) is 13.1. The Balaban J connectivity index is 2.52. The molecule has 0 bridgehead atoms. The van der Waals surface area contributed by atoms with Crippen molar-refractivity contribution in [3.63, 3.8) is 0 Å². The van der Waals surface area contributed by atoms with Crippen LogP contribution in [-0.4, -0.2) is 0 Å². The lowest BCUT2D eigenvalue weighted by Crippen LogP contribution is -2.30. The summed E-state index contributed by atoms with van der Waals surface area (Å²) < 4.78 is 0. The van der Waals surface area contributed by atoms with Gasteiger partial charge in [-0.25, -0.2) is 0 Å². The summed E-state index contributed by atoms with van der Waals surface area (Å²) in [6.07, 6.45) is 6.65. The molecule has 1 aliphatic rings. The van der Waals surface area contributed by atoms with Gasteiger partial charge in [0, 0.05) is 0 Å². The Morgan fingerprint density at radius 1 is 0.647 bits per heavy atom. The van der Waals surface area contributed by atoms with Gasteiger partial charge in [-0.1, -0.05) is 66.8 Å². The van der Waals surface area contributed by atoms with Crippen molar-refractivity contribution in [2.75, 3.05) is 0 Å². The molecule has 0 heteroatoms. The zero-order valence-electron chi connectivity index (χ0n) is 9.85. The number of benzene rings is 2. The molecule has 3 rings (SSSR count). The van der Waals surface area contributed by atoms with Gasteiger partial charge in [0.1, 0.15) is 0 Å². The van der Waals surface area contributed by atoms with E-state index < -0.39 is 0 Å². The van der Waals surface area contributed by atoms with Crippen molar-refractivity contribution in [1.29, 1.82) is 0 Å². The highest BCUT2D eigenvalue weighted by atomic mass is 14.0. The van der Waals surface area contributed by atoms with Crippen LogP contribution in [0.25, 0.3) is 23.8 Å². The fourth-order valence-electron chi connectivity index (χ4n) is 2.29. The zero-order chi connectivity index (χ0) is 11.7. The quantitative estimate of drug-likeness (QED) is 0.616. The Labute approximate surface area is 101 Å². The summed E-state index contributed by atoms with van der Waals surface area (Å²) in [7, 11) is 0. The van der Waals surface area contributed by atoms with Crippen molar-refractivity contribution < 1.29 is 0 Å². The van der Waals surface area contributed by atoms with Gasteiger partial charge in [0.05, 0.1) is 0 Å². The van der Waals surface area contributed by atoms with E-state index in [2.05, 4.69) is 73.7 Å². The van der Waals surface area contributed by atoms with Crippen LogP contribution in [0.15, 0.2) is 48.5 Å². The molecular weight excluding hydrogens is 204 g/mol. The molecule has 0 amide bonds. The number of fused-ring (bicyclic) bond motifs is 2. The predicted molar refractivity (Wildman–Crippen MR) is 73.9 cm³/mol. The first kappa shape index (κ1) is 10.1. The fourth-order valence-corrected chi connectivity index (χ4v) is 2.29. The van der Waals surface area contributed by atoms with Crippen LogP contribution in [0.2, 0.25) is 0 Å². The second-order valence-corrected chi connectivity index (χ2v) is 4.38. The highest BCUT2D eigenvalue weighted by Crippen LogP contribution is 1.91. The van der Waals surface area contributed by atoms with Crippen molar-refractivity contribution in [3.8, 4) is 0 Å². The van der Waals surface area contributed by atoms with Crippen LogP contribution >= 0.6 is 0 Å². The minimum atomic E-state index is 1.28. The molecule has 0 fully saturated rings. The van der Waals surface area contributed by atoms with Gasteiger partial charge in [0.15, 0.2) is 0 Å². The first-order chi connectivity index (χ1) is 8.34. The van der Waals surface area contributed by atoms with Crippen LogP contribution in [0.3, 0.4) is 0 Å². The maximum atomic E-state index is 2.26. The van der Waals surface area contributed by atoms with Crippen LogP contribution in [0.1, 0.15) is 6.92 Å². The molecule has 0 heterocycles. The molecule has 1 aliphatic carbocycles. The fraction of sp³-hybridized carbons (Fsp3) is 0.0588. The standard InChI is InChI=1S/C17H14/c1-13-12-16-8-3-2-6-14(16)10-11-15-7-4-5-9-17(13)15/h2-12H,1H3. The smallest absolute Gasteiger partial charge is 0.0155 e. The molecule has 17 heavy (non-hydrogen) atoms. The molecule has 0 radical (unpaired) electrons. The van der Waals surface area contributed by atoms with Crippen molar-refractivity contribution in [2.45, 2.75) is 6.92 Å². The lowest BCUT2D eigenvalue weighted by Gasteiger charge is -1.99. The highest BCUT2D eigenvalue weighted by Gasteiger charge is 1.93. The molecule has 0 nitrogen and oxygen atoms in total. The summed E-state index contributed by atoms with van der Waals surface area (Å²) in [5, 5.41) is 5.17. The van der Waals surface area contributed by atoms with E-state index in [-0.39, 0.29) is 0 Å². The lowest BCUT2D eigenvalue weighted by atomic mass is 10.1. The summed E-state index contributed by atoms with van der Waals surface area (Å²) in [5.74, 6) is 0. The van der Waals surface area contributed by atoms with E-state index in [4.69, 9.17) is 0 Å². The minimum absolute atomic E-state index is 1.28. The van der Waals surface area contributed by atoms with Crippen LogP contribution in [0.4, 0.5) is 0 Å². The summed E-state index contributed by atoms with van der Waals surface area (Å²) in [5.41, 5.74) is 1.32. The maximum Gasteiger partial charge on any atom is -0.0155 e. The number of hydrogen-bond acceptors (Lipinski definition) is 0. The predicted octanol–water partition coefficient (Wildman–Crippen LogP) is 0.913. The van der Waals surface area contributed by atoms with E-state index >= 15 is 0 Å². The molecule has 0 N–H and O–H groups in total. The second-order valence-electron chi connectivity index (χ2n) is 4.38. The van der Waals surface area contributed by atoms with Crippen LogP contribution < -0.4 is 20.9 Å². The second kappa shape index (κ2) is 4.06. The first-order valence-corrected chi connectivity index (χ1v) is 5.89. The van der Waals surface area contributed by atoms with E-state index in [1.807, 2.05) is 0 Å². The molecule has 82 valence electrons. The Kier molecular flexibility index (Phi) is 2.41. The molecule has 0 unspecified atom stereocenters. The SMILES string of the molecule is CC1=c2ccccc2=CC=c2ccccc2=C1. The maximum absolute atomic E-state index is 2.26. The van der Waals surface area contributed by atoms with E-state index in [1.165, 1.54) is 26.4 Å². The molecular formula is C17H14. The molecule has 0 saturated heterocycles. The molecule has 0 atom stereocenters. The van der Waals surface area contributed by atoms with E-state index in [0.29, 0.717) is 0 Å². The van der Waals surface area contributed by atoms with Gasteiger partial charge in [0.2, 0.25) is 0 Å². The topological polar surface area (TPSA) is 0 Å². The summed E-state index contributed by atoms with van der Waals surface area (Å²) in [6, 6.07) is 17.0. The van der Waals surface area contributed by atoms with Crippen molar-refractivity contribution in [1.82, 2.24) is 0 Å². The van der Waals surface area contributed by atoms with Gasteiger partial charge < -0.3 is 0 Å². The van der Waals surface area contributed by atoms with Crippen molar-refractivity contribution in [2.24, 2.45) is 0 Å². The third kappa shape index (κ3) is 1.83. The van der Waals surface area contributed by atoms with Gasteiger partial charge in [-0.3, -0.25) is 0 Å². The average molecular weight is 218 g/mol. The van der Waals surface area contributed by atoms with Crippen LogP contribution in [0.5, 0.6) is 0 Å². The Morgan fingerprint density at radius 3 is 2.06 bits per heavy atom. The monoisotopic (exact) mass is 218 g/mol. The van der Waals surface area contributed by atoms with E-state index in [9.17, 15) is 0 Å². The third-order valence-electron chi connectivity index (χ3n) is 3.20. The van der Waals surface area contributed by atoms with Crippen LogP contribution in [-0.2, 0) is 0 Å². The van der Waals surface area contributed by atoms with Gasteiger partial charge in [-0.15, -0.1) is 0 Å². The van der Waals surface area contributed by atoms with E-state index in [0.717, 1.165) is 0 Å². The molecule has 2 aromatic rings. The Bertz CT molecular complexity index is 792. The lowest BCUT2D eigenvalue weighted by molar-refractivity contribution is 1.46. The third-order valence-corrected chi connectivity index (χ3v) is 3.20. The molecule has 2 aromatic carbocycles. The minimum Gasteiger partial charge on any atom is -0.0616 e.